The lowest BCUT2D eigenvalue weighted by atomic mass is 9.86. The molecule has 3 rings (SSSR count). The molecule has 23 heavy (non-hydrogen) atoms. The quantitative estimate of drug-likeness (QED) is 0.939. The SMILES string of the molecule is Cc1sc2ncn(CC(=O)NC3CCCCC3C)c(=O)c2c1C. The average molecular weight is 333 g/mol. The zero-order valence-corrected chi connectivity index (χ0v) is 14.7. The van der Waals surface area contributed by atoms with Crippen LogP contribution in [0.5, 0.6) is 0 Å². The fraction of sp³-hybridized carbons (Fsp3) is 0.588. The maximum absolute atomic E-state index is 12.6. The zero-order chi connectivity index (χ0) is 16.6. The summed E-state index contributed by atoms with van der Waals surface area (Å²) in [7, 11) is 0. The van der Waals surface area contributed by atoms with E-state index >= 15 is 0 Å². The van der Waals surface area contributed by atoms with Crippen LogP contribution in [0.15, 0.2) is 11.1 Å². The highest BCUT2D eigenvalue weighted by Crippen LogP contribution is 2.25. The van der Waals surface area contributed by atoms with Gasteiger partial charge in [0.1, 0.15) is 11.4 Å². The highest BCUT2D eigenvalue weighted by atomic mass is 32.1. The molecule has 6 heteroatoms. The molecule has 1 amide bonds. The van der Waals surface area contributed by atoms with E-state index in [4.69, 9.17) is 0 Å². The summed E-state index contributed by atoms with van der Waals surface area (Å²) in [4.78, 5) is 31.1. The van der Waals surface area contributed by atoms with E-state index in [1.807, 2.05) is 13.8 Å². The van der Waals surface area contributed by atoms with Crippen LogP contribution >= 0.6 is 11.3 Å². The molecule has 5 nitrogen and oxygen atoms in total. The normalized spacial score (nSPS) is 21.5. The molecule has 2 atom stereocenters. The molecule has 0 aliphatic heterocycles. The minimum Gasteiger partial charge on any atom is -0.352 e. The van der Waals surface area contributed by atoms with Crippen molar-refractivity contribution in [2.45, 2.75) is 59.0 Å². The Morgan fingerprint density at radius 3 is 2.87 bits per heavy atom. The van der Waals surface area contributed by atoms with Crippen molar-refractivity contribution in [3.63, 3.8) is 0 Å². The van der Waals surface area contributed by atoms with E-state index in [0.29, 0.717) is 11.3 Å². The summed E-state index contributed by atoms with van der Waals surface area (Å²) < 4.78 is 1.42. The number of fused-ring (bicyclic) bond motifs is 1. The minimum atomic E-state index is -0.122. The summed E-state index contributed by atoms with van der Waals surface area (Å²) in [5.41, 5.74) is 0.849. The Balaban J connectivity index is 1.78. The van der Waals surface area contributed by atoms with Gasteiger partial charge in [0, 0.05) is 10.9 Å². The lowest BCUT2D eigenvalue weighted by Gasteiger charge is -2.29. The highest BCUT2D eigenvalue weighted by molar-refractivity contribution is 7.18. The number of nitrogens with one attached hydrogen (secondary N) is 1. The molecule has 0 radical (unpaired) electrons. The Morgan fingerprint density at radius 1 is 1.39 bits per heavy atom. The maximum atomic E-state index is 12.6. The molecular weight excluding hydrogens is 310 g/mol. The first-order chi connectivity index (χ1) is 11.0. The van der Waals surface area contributed by atoms with Crippen molar-refractivity contribution in [2.75, 3.05) is 0 Å². The van der Waals surface area contributed by atoms with Crippen LogP contribution in [-0.2, 0) is 11.3 Å². The van der Waals surface area contributed by atoms with Crippen LogP contribution in [0.3, 0.4) is 0 Å². The van der Waals surface area contributed by atoms with Crippen LogP contribution in [-0.4, -0.2) is 21.5 Å². The molecule has 0 saturated heterocycles. The van der Waals surface area contributed by atoms with Gasteiger partial charge in [-0.05, 0) is 38.2 Å². The van der Waals surface area contributed by atoms with Gasteiger partial charge in [-0.25, -0.2) is 4.98 Å². The minimum absolute atomic E-state index is 0.0410. The number of aryl methyl sites for hydroxylation is 2. The van der Waals surface area contributed by atoms with E-state index in [0.717, 1.165) is 34.5 Å². The van der Waals surface area contributed by atoms with Crippen molar-refractivity contribution in [1.29, 1.82) is 0 Å². The molecule has 1 aliphatic carbocycles. The predicted octanol–water partition coefficient (Wildman–Crippen LogP) is 2.77. The number of aromatic nitrogens is 2. The van der Waals surface area contributed by atoms with Crippen molar-refractivity contribution in [3.05, 3.63) is 27.1 Å². The van der Waals surface area contributed by atoms with Gasteiger partial charge in [0.05, 0.1) is 11.7 Å². The van der Waals surface area contributed by atoms with Gasteiger partial charge in [-0.3, -0.25) is 14.2 Å². The van der Waals surface area contributed by atoms with Crippen LogP contribution in [0, 0.1) is 19.8 Å². The van der Waals surface area contributed by atoms with Gasteiger partial charge < -0.3 is 5.32 Å². The van der Waals surface area contributed by atoms with Gasteiger partial charge in [-0.2, -0.15) is 0 Å². The van der Waals surface area contributed by atoms with Crippen LogP contribution in [0.25, 0.3) is 10.2 Å². The second kappa shape index (κ2) is 6.43. The molecule has 124 valence electrons. The maximum Gasteiger partial charge on any atom is 0.262 e. The molecule has 0 aromatic carbocycles. The Morgan fingerprint density at radius 2 is 2.13 bits per heavy atom. The number of thiophene rings is 1. The van der Waals surface area contributed by atoms with Crippen molar-refractivity contribution in [2.24, 2.45) is 5.92 Å². The average Bonchev–Trinajstić information content (AvgIpc) is 2.80. The van der Waals surface area contributed by atoms with Crippen molar-refractivity contribution in [1.82, 2.24) is 14.9 Å². The first-order valence-corrected chi connectivity index (χ1v) is 9.03. The molecule has 2 heterocycles. The molecule has 0 bridgehead atoms. The predicted molar refractivity (Wildman–Crippen MR) is 92.9 cm³/mol. The lowest BCUT2D eigenvalue weighted by Crippen LogP contribution is -2.43. The topological polar surface area (TPSA) is 64.0 Å². The number of nitrogens with zero attached hydrogens (tertiary/aromatic N) is 2. The number of hydrogen-bond donors (Lipinski definition) is 1. The number of carbonyl (C=O) groups excluding carboxylic acids is 1. The van der Waals surface area contributed by atoms with E-state index in [2.05, 4.69) is 17.2 Å². The smallest absolute Gasteiger partial charge is 0.262 e. The van der Waals surface area contributed by atoms with Crippen LogP contribution in [0.4, 0.5) is 0 Å². The number of rotatable bonds is 3. The summed E-state index contributed by atoms with van der Waals surface area (Å²) in [6, 6.07) is 0.230. The Labute approximate surface area is 139 Å². The van der Waals surface area contributed by atoms with Gasteiger partial charge >= 0.3 is 0 Å². The first kappa shape index (κ1) is 16.2. The standard InChI is InChI=1S/C17H23N3O2S/c1-10-6-4-5-7-13(10)19-14(21)8-20-9-18-16-15(17(20)22)11(2)12(3)23-16/h9-10,13H,4-8H2,1-3H3,(H,19,21). The third kappa shape index (κ3) is 3.17. The van der Waals surface area contributed by atoms with Gasteiger partial charge in [0.15, 0.2) is 0 Å². The Hall–Kier alpha value is -1.69. The third-order valence-corrected chi connectivity index (χ3v) is 6.04. The van der Waals surface area contributed by atoms with Crippen molar-refractivity contribution in [3.8, 4) is 0 Å². The van der Waals surface area contributed by atoms with Crippen LogP contribution in [0.1, 0.15) is 43.0 Å². The second-order valence-corrected chi connectivity index (χ2v) is 7.78. The van der Waals surface area contributed by atoms with Gasteiger partial charge in [0.2, 0.25) is 5.91 Å². The molecule has 2 aromatic rings. The van der Waals surface area contributed by atoms with Gasteiger partial charge in [0.25, 0.3) is 5.56 Å². The first-order valence-electron chi connectivity index (χ1n) is 8.22. The zero-order valence-electron chi connectivity index (χ0n) is 13.9. The Bertz CT molecular complexity index is 793. The summed E-state index contributed by atoms with van der Waals surface area (Å²) in [5, 5.41) is 3.74. The summed E-state index contributed by atoms with van der Waals surface area (Å²) in [6.45, 7) is 6.15. The molecule has 0 spiro atoms. The monoisotopic (exact) mass is 333 g/mol. The fourth-order valence-corrected chi connectivity index (χ4v) is 4.31. The number of carbonyl (C=O) groups is 1. The summed E-state index contributed by atoms with van der Waals surface area (Å²) >= 11 is 1.52. The largest absolute Gasteiger partial charge is 0.352 e. The molecule has 1 saturated carbocycles. The molecule has 1 N–H and O–H groups in total. The number of amides is 1. The van der Waals surface area contributed by atoms with Crippen LogP contribution in [0.2, 0.25) is 0 Å². The van der Waals surface area contributed by atoms with E-state index in [1.165, 1.54) is 28.7 Å². The van der Waals surface area contributed by atoms with E-state index < -0.39 is 0 Å². The van der Waals surface area contributed by atoms with E-state index in [-0.39, 0.29) is 24.1 Å². The molecule has 2 aromatic heterocycles. The van der Waals surface area contributed by atoms with Crippen LogP contribution < -0.4 is 10.9 Å². The third-order valence-electron chi connectivity index (χ3n) is 4.93. The van der Waals surface area contributed by atoms with Crippen molar-refractivity contribution < 1.29 is 4.79 Å². The fourth-order valence-electron chi connectivity index (χ4n) is 3.32. The van der Waals surface area contributed by atoms with Gasteiger partial charge in [-0.15, -0.1) is 11.3 Å². The highest BCUT2D eigenvalue weighted by Gasteiger charge is 2.23. The van der Waals surface area contributed by atoms with E-state index in [9.17, 15) is 9.59 Å². The van der Waals surface area contributed by atoms with Gasteiger partial charge in [-0.1, -0.05) is 19.8 Å². The molecular formula is C17H23N3O2S. The molecule has 2 unspecified atom stereocenters. The summed E-state index contributed by atoms with van der Waals surface area (Å²) in [6.07, 6.45) is 6.08. The van der Waals surface area contributed by atoms with E-state index in [1.54, 1.807) is 0 Å². The van der Waals surface area contributed by atoms with Crippen molar-refractivity contribution >= 4 is 27.5 Å². The molecule has 1 aliphatic rings. The number of hydrogen-bond acceptors (Lipinski definition) is 4. The lowest BCUT2D eigenvalue weighted by molar-refractivity contribution is -0.123. The Kier molecular flexibility index (Phi) is 4.53. The molecule has 1 fully saturated rings. The second-order valence-electron chi connectivity index (χ2n) is 6.58. The summed E-state index contributed by atoms with van der Waals surface area (Å²) in [5.74, 6) is 0.406.